The summed E-state index contributed by atoms with van der Waals surface area (Å²) in [6.07, 6.45) is 1.70. The number of carbonyl (C=O) groups is 1. The van der Waals surface area contributed by atoms with Gasteiger partial charge in [0, 0.05) is 11.1 Å². The normalized spacial score (nSPS) is 27.1. The molecule has 118 valence electrons. The summed E-state index contributed by atoms with van der Waals surface area (Å²) >= 11 is 6.32. The van der Waals surface area contributed by atoms with E-state index in [1.54, 1.807) is 5.01 Å². The molecule has 23 heavy (non-hydrogen) atoms. The molecule has 2 aromatic rings. The second-order valence-corrected chi connectivity index (χ2v) is 6.45. The van der Waals surface area contributed by atoms with E-state index in [2.05, 4.69) is 10.7 Å². The molecule has 0 radical (unpaired) electrons. The van der Waals surface area contributed by atoms with Crippen molar-refractivity contribution in [3.63, 3.8) is 0 Å². The molecule has 0 spiro atoms. The van der Waals surface area contributed by atoms with Gasteiger partial charge in [-0.25, -0.2) is 10.4 Å². The maximum Gasteiger partial charge on any atom is 0.247 e. The number of hydrogen-bond donors (Lipinski definition) is 2. The summed E-state index contributed by atoms with van der Waals surface area (Å²) in [5.41, 5.74) is 5.28. The molecular formula is C18H18ClN3O. The Labute approximate surface area is 140 Å². The van der Waals surface area contributed by atoms with Crippen LogP contribution in [0.2, 0.25) is 5.02 Å². The van der Waals surface area contributed by atoms with E-state index in [0.29, 0.717) is 0 Å². The second kappa shape index (κ2) is 5.96. The number of rotatable bonds is 2. The number of hydrazine groups is 1. The van der Waals surface area contributed by atoms with E-state index in [1.165, 1.54) is 0 Å². The van der Waals surface area contributed by atoms with Crippen LogP contribution in [0.3, 0.4) is 0 Å². The van der Waals surface area contributed by atoms with Crippen LogP contribution < -0.4 is 15.8 Å². The van der Waals surface area contributed by atoms with E-state index < -0.39 is 0 Å². The molecular weight excluding hydrogens is 310 g/mol. The van der Waals surface area contributed by atoms with Crippen LogP contribution in [0.25, 0.3) is 0 Å². The molecule has 5 heteroatoms. The fourth-order valence-electron chi connectivity index (χ4n) is 3.47. The van der Waals surface area contributed by atoms with Gasteiger partial charge in [0.25, 0.3) is 0 Å². The van der Waals surface area contributed by atoms with Gasteiger partial charge in [0.05, 0.1) is 17.8 Å². The van der Waals surface area contributed by atoms with Crippen molar-refractivity contribution in [3.05, 3.63) is 65.2 Å². The lowest BCUT2D eigenvalue weighted by atomic mass is 9.89. The van der Waals surface area contributed by atoms with Crippen LogP contribution in [0.1, 0.15) is 24.4 Å². The molecule has 2 N–H and O–H groups in total. The zero-order valence-electron chi connectivity index (χ0n) is 12.6. The molecule has 2 saturated heterocycles. The van der Waals surface area contributed by atoms with Crippen molar-refractivity contribution < 1.29 is 4.79 Å². The predicted molar refractivity (Wildman–Crippen MR) is 90.9 cm³/mol. The van der Waals surface area contributed by atoms with Crippen molar-refractivity contribution in [2.24, 2.45) is 5.92 Å². The van der Waals surface area contributed by atoms with Crippen molar-refractivity contribution in [3.8, 4) is 0 Å². The highest BCUT2D eigenvalue weighted by Crippen LogP contribution is 2.35. The predicted octanol–water partition coefficient (Wildman–Crippen LogP) is 3.26. The maximum absolute atomic E-state index is 12.6. The average Bonchev–Trinajstić information content (AvgIpc) is 2.92. The molecule has 2 heterocycles. The minimum Gasteiger partial charge on any atom is -0.293 e. The van der Waals surface area contributed by atoms with Crippen LogP contribution in [-0.4, -0.2) is 12.1 Å². The van der Waals surface area contributed by atoms with Gasteiger partial charge in [0.1, 0.15) is 0 Å². The van der Waals surface area contributed by atoms with Crippen molar-refractivity contribution >= 4 is 23.2 Å². The molecule has 2 aromatic carbocycles. The van der Waals surface area contributed by atoms with Gasteiger partial charge >= 0.3 is 0 Å². The number of carbonyl (C=O) groups excluding carboxylic acids is 1. The fraction of sp³-hybridized carbons (Fsp3) is 0.278. The maximum atomic E-state index is 12.6. The third-order valence-corrected chi connectivity index (χ3v) is 4.99. The van der Waals surface area contributed by atoms with Crippen LogP contribution in [0.5, 0.6) is 0 Å². The summed E-state index contributed by atoms with van der Waals surface area (Å²) in [5, 5.41) is 5.98. The highest BCUT2D eigenvalue weighted by atomic mass is 35.5. The molecule has 3 unspecified atom stereocenters. The summed E-state index contributed by atoms with van der Waals surface area (Å²) in [6, 6.07) is 17.8. The number of nitrogens with one attached hydrogen (secondary N) is 2. The summed E-state index contributed by atoms with van der Waals surface area (Å²) in [5.74, 6) is 0.0975. The smallest absolute Gasteiger partial charge is 0.247 e. The van der Waals surface area contributed by atoms with Gasteiger partial charge < -0.3 is 0 Å². The molecule has 0 bridgehead atoms. The Bertz CT molecular complexity index is 721. The lowest BCUT2D eigenvalue weighted by Crippen LogP contribution is -2.49. The second-order valence-electron chi connectivity index (χ2n) is 6.04. The minimum absolute atomic E-state index is 0.0334. The number of anilines is 1. The van der Waals surface area contributed by atoms with Crippen LogP contribution in [0.4, 0.5) is 5.69 Å². The number of fused-ring (bicyclic) bond motifs is 1. The van der Waals surface area contributed by atoms with E-state index in [1.807, 2.05) is 54.6 Å². The van der Waals surface area contributed by atoms with Gasteiger partial charge in [-0.1, -0.05) is 48.0 Å². The number of halogens is 1. The van der Waals surface area contributed by atoms with E-state index >= 15 is 0 Å². The van der Waals surface area contributed by atoms with Crippen LogP contribution in [0, 0.1) is 5.92 Å². The average molecular weight is 328 g/mol. The van der Waals surface area contributed by atoms with Gasteiger partial charge in [0.15, 0.2) is 0 Å². The topological polar surface area (TPSA) is 44.4 Å². The lowest BCUT2D eigenvalue weighted by molar-refractivity contribution is -0.121. The highest BCUT2D eigenvalue weighted by Gasteiger charge is 2.44. The van der Waals surface area contributed by atoms with Gasteiger partial charge in [-0.05, 0) is 36.6 Å². The monoisotopic (exact) mass is 327 g/mol. The molecule has 2 aliphatic rings. The quantitative estimate of drug-likeness (QED) is 0.890. The Hall–Kier alpha value is -1.88. The van der Waals surface area contributed by atoms with Gasteiger partial charge in [0.2, 0.25) is 5.91 Å². The Kier molecular flexibility index (Phi) is 3.81. The van der Waals surface area contributed by atoms with Crippen molar-refractivity contribution in [1.82, 2.24) is 10.7 Å². The third-order valence-electron chi connectivity index (χ3n) is 4.65. The molecule has 3 atom stereocenters. The van der Waals surface area contributed by atoms with Gasteiger partial charge in [-0.2, -0.15) is 0 Å². The Morgan fingerprint density at radius 1 is 1.00 bits per heavy atom. The number of amides is 1. The van der Waals surface area contributed by atoms with E-state index in [9.17, 15) is 4.79 Å². The first kappa shape index (κ1) is 14.7. The number of piperidine rings is 1. The Balaban J connectivity index is 1.55. The van der Waals surface area contributed by atoms with Crippen molar-refractivity contribution in [2.75, 3.05) is 5.01 Å². The molecule has 1 amide bonds. The molecule has 0 aromatic heterocycles. The summed E-state index contributed by atoms with van der Waals surface area (Å²) in [7, 11) is 0. The highest BCUT2D eigenvalue weighted by molar-refractivity contribution is 6.31. The largest absolute Gasteiger partial charge is 0.293 e. The summed E-state index contributed by atoms with van der Waals surface area (Å²) in [6.45, 7) is 0. The Morgan fingerprint density at radius 3 is 2.52 bits per heavy atom. The summed E-state index contributed by atoms with van der Waals surface area (Å²) < 4.78 is 0. The van der Waals surface area contributed by atoms with E-state index in [-0.39, 0.29) is 24.0 Å². The van der Waals surface area contributed by atoms with Gasteiger partial charge in [-0.15, -0.1) is 0 Å². The zero-order chi connectivity index (χ0) is 15.8. The standard InChI is InChI=1S/C18H18ClN3O/c19-15-9-5-4-8-13(15)16-11-10-14-17(20-16)21-22(18(14)23)12-6-2-1-3-7-12/h1-9,14,16-17,20-21H,10-11H2. The first-order chi connectivity index (χ1) is 11.2. The van der Waals surface area contributed by atoms with Crippen LogP contribution in [-0.2, 0) is 4.79 Å². The number of nitrogens with zero attached hydrogens (tertiary/aromatic N) is 1. The minimum atomic E-state index is -0.0577. The molecule has 4 nitrogen and oxygen atoms in total. The number of benzene rings is 2. The van der Waals surface area contributed by atoms with Crippen molar-refractivity contribution in [2.45, 2.75) is 25.0 Å². The van der Waals surface area contributed by atoms with Crippen molar-refractivity contribution in [1.29, 1.82) is 0 Å². The van der Waals surface area contributed by atoms with Crippen LogP contribution >= 0.6 is 11.6 Å². The third kappa shape index (κ3) is 2.63. The first-order valence-electron chi connectivity index (χ1n) is 7.90. The fourth-order valence-corrected chi connectivity index (χ4v) is 3.74. The van der Waals surface area contributed by atoms with Gasteiger partial charge in [-0.3, -0.25) is 10.1 Å². The summed E-state index contributed by atoms with van der Waals surface area (Å²) in [4.78, 5) is 12.6. The first-order valence-corrected chi connectivity index (χ1v) is 8.27. The molecule has 0 saturated carbocycles. The molecule has 0 aliphatic carbocycles. The SMILES string of the molecule is O=C1C2CCC(c3ccccc3Cl)NC2NN1c1ccccc1. The molecule has 4 rings (SSSR count). The molecule has 2 fully saturated rings. The van der Waals surface area contributed by atoms with E-state index in [0.717, 1.165) is 29.1 Å². The number of hydrogen-bond acceptors (Lipinski definition) is 3. The number of para-hydroxylation sites is 1. The Morgan fingerprint density at radius 2 is 1.74 bits per heavy atom. The zero-order valence-corrected chi connectivity index (χ0v) is 13.3. The molecule has 2 aliphatic heterocycles. The lowest BCUT2D eigenvalue weighted by Gasteiger charge is -2.32. The van der Waals surface area contributed by atoms with Crippen LogP contribution in [0.15, 0.2) is 54.6 Å². The van der Waals surface area contributed by atoms with E-state index in [4.69, 9.17) is 11.6 Å².